The van der Waals surface area contributed by atoms with Gasteiger partial charge in [0, 0.05) is 43.5 Å². The summed E-state index contributed by atoms with van der Waals surface area (Å²) in [4.78, 5) is 21.7. The van der Waals surface area contributed by atoms with E-state index in [1.807, 2.05) is 42.5 Å². The molecule has 1 unspecified atom stereocenters. The van der Waals surface area contributed by atoms with Crippen LogP contribution >= 0.6 is 0 Å². The van der Waals surface area contributed by atoms with Gasteiger partial charge in [-0.2, -0.15) is 0 Å². The average Bonchev–Trinajstić information content (AvgIpc) is 2.88. The van der Waals surface area contributed by atoms with Crippen LogP contribution < -0.4 is 10.1 Å². The lowest BCUT2D eigenvalue weighted by Gasteiger charge is -2.35. The third-order valence-corrected chi connectivity index (χ3v) is 6.39. The van der Waals surface area contributed by atoms with Gasteiger partial charge in [-0.15, -0.1) is 0 Å². The van der Waals surface area contributed by atoms with Crippen molar-refractivity contribution in [3.05, 3.63) is 66.0 Å². The number of para-hydroxylation sites is 1. The second-order valence-electron chi connectivity index (χ2n) is 8.80. The highest BCUT2D eigenvalue weighted by Gasteiger charge is 2.34. The number of aliphatic hydroxyl groups excluding tert-OH is 1. The van der Waals surface area contributed by atoms with Crippen molar-refractivity contribution >= 4 is 16.8 Å². The molecule has 4 heterocycles. The molecule has 2 fully saturated rings. The van der Waals surface area contributed by atoms with Gasteiger partial charge >= 0.3 is 0 Å². The number of aliphatic hydroxyl groups is 1. The van der Waals surface area contributed by atoms with Crippen molar-refractivity contribution in [1.82, 2.24) is 15.3 Å². The highest BCUT2D eigenvalue weighted by molar-refractivity contribution is 5.95. The van der Waals surface area contributed by atoms with Crippen molar-refractivity contribution in [3.8, 4) is 5.88 Å². The van der Waals surface area contributed by atoms with Gasteiger partial charge in [-0.3, -0.25) is 4.79 Å². The summed E-state index contributed by atoms with van der Waals surface area (Å²) in [5, 5.41) is 14.8. The van der Waals surface area contributed by atoms with Gasteiger partial charge in [-0.25, -0.2) is 9.97 Å². The highest BCUT2D eigenvalue weighted by Crippen LogP contribution is 2.21. The molecule has 3 atom stereocenters. The lowest BCUT2D eigenvalue weighted by molar-refractivity contribution is -0.0880. The minimum Gasteiger partial charge on any atom is -0.474 e. The second-order valence-corrected chi connectivity index (χ2v) is 8.80. The number of hydrogen-bond donors (Lipinski definition) is 2. The SMILES string of the molecule is O=C(N[C@H]1CCOC(Cc2ccc(OC3CCOCC3)nc2)[C@@H]1O)c1ccc2ccccc2n1. The smallest absolute Gasteiger partial charge is 0.270 e. The maximum atomic E-state index is 12.8. The summed E-state index contributed by atoms with van der Waals surface area (Å²) < 4.78 is 17.1. The molecule has 1 amide bonds. The number of carbonyl (C=O) groups excluding carboxylic acids is 1. The first-order chi connectivity index (χ1) is 16.7. The van der Waals surface area contributed by atoms with Gasteiger partial charge in [0.2, 0.25) is 5.88 Å². The summed E-state index contributed by atoms with van der Waals surface area (Å²) in [5.74, 6) is 0.292. The number of pyridine rings is 2. The van der Waals surface area contributed by atoms with E-state index in [0.717, 1.165) is 29.3 Å². The topological polar surface area (TPSA) is 103 Å². The van der Waals surface area contributed by atoms with Crippen LogP contribution in [0.15, 0.2) is 54.7 Å². The van der Waals surface area contributed by atoms with E-state index in [1.165, 1.54) is 0 Å². The van der Waals surface area contributed by atoms with Crippen molar-refractivity contribution in [2.45, 2.75) is 50.0 Å². The van der Waals surface area contributed by atoms with Gasteiger partial charge in [0.25, 0.3) is 5.91 Å². The number of nitrogens with one attached hydrogen (secondary N) is 1. The Morgan fingerprint density at radius 3 is 2.74 bits per heavy atom. The number of hydrogen-bond acceptors (Lipinski definition) is 7. The molecule has 0 radical (unpaired) electrons. The van der Waals surface area contributed by atoms with Crippen LogP contribution in [0.4, 0.5) is 0 Å². The molecule has 0 bridgehead atoms. The summed E-state index contributed by atoms with van der Waals surface area (Å²) in [5.41, 5.74) is 2.03. The third kappa shape index (κ3) is 5.35. The van der Waals surface area contributed by atoms with Crippen LogP contribution in [0.3, 0.4) is 0 Å². The molecular formula is C26H29N3O5. The van der Waals surface area contributed by atoms with Crippen molar-refractivity contribution in [2.24, 2.45) is 0 Å². The molecule has 34 heavy (non-hydrogen) atoms. The van der Waals surface area contributed by atoms with E-state index in [9.17, 15) is 9.90 Å². The molecule has 0 aliphatic carbocycles. The average molecular weight is 464 g/mol. The zero-order chi connectivity index (χ0) is 23.3. The lowest BCUT2D eigenvalue weighted by Crippen LogP contribution is -2.53. The maximum Gasteiger partial charge on any atom is 0.270 e. The van der Waals surface area contributed by atoms with Crippen LogP contribution in [0.5, 0.6) is 5.88 Å². The van der Waals surface area contributed by atoms with Gasteiger partial charge in [0.1, 0.15) is 17.9 Å². The van der Waals surface area contributed by atoms with E-state index in [2.05, 4.69) is 15.3 Å². The van der Waals surface area contributed by atoms with Gasteiger partial charge in [0.05, 0.1) is 30.9 Å². The molecule has 2 aliphatic rings. The monoisotopic (exact) mass is 463 g/mol. The zero-order valence-electron chi connectivity index (χ0n) is 18.9. The molecule has 1 aromatic carbocycles. The molecule has 0 saturated carbocycles. The quantitative estimate of drug-likeness (QED) is 0.579. The molecule has 8 nitrogen and oxygen atoms in total. The number of ether oxygens (including phenoxy) is 3. The van der Waals surface area contributed by atoms with Crippen LogP contribution in [-0.4, -0.2) is 65.2 Å². The minimum atomic E-state index is -0.837. The summed E-state index contributed by atoms with van der Waals surface area (Å²) in [7, 11) is 0. The fourth-order valence-electron chi connectivity index (χ4n) is 4.45. The maximum absolute atomic E-state index is 12.8. The molecule has 2 aromatic heterocycles. The molecule has 2 N–H and O–H groups in total. The molecule has 2 aliphatic heterocycles. The van der Waals surface area contributed by atoms with Crippen molar-refractivity contribution in [1.29, 1.82) is 0 Å². The standard InChI is InChI=1S/C26H29N3O5/c30-25-21(29-26(31)22-7-6-18-3-1-2-4-20(18)28-22)11-14-33-23(25)15-17-5-8-24(27-16-17)34-19-9-12-32-13-10-19/h1-8,16,19,21,23,25,30H,9-15H2,(H,29,31)/t21-,23?,25+/m0/s1. The number of aromatic nitrogens is 2. The van der Waals surface area contributed by atoms with Gasteiger partial charge in [-0.1, -0.05) is 30.3 Å². The molecule has 8 heteroatoms. The Morgan fingerprint density at radius 1 is 1.06 bits per heavy atom. The fraction of sp³-hybridized carbons (Fsp3) is 0.423. The zero-order valence-corrected chi connectivity index (χ0v) is 18.9. The van der Waals surface area contributed by atoms with Crippen LogP contribution in [0.2, 0.25) is 0 Å². The number of benzene rings is 1. The Balaban J connectivity index is 1.18. The Hall–Kier alpha value is -3.07. The van der Waals surface area contributed by atoms with Gasteiger partial charge < -0.3 is 24.6 Å². The van der Waals surface area contributed by atoms with E-state index in [-0.39, 0.29) is 12.0 Å². The van der Waals surface area contributed by atoms with Crippen molar-refractivity contribution in [2.75, 3.05) is 19.8 Å². The van der Waals surface area contributed by atoms with E-state index in [1.54, 1.807) is 12.3 Å². The molecule has 0 spiro atoms. The Morgan fingerprint density at radius 2 is 1.91 bits per heavy atom. The van der Waals surface area contributed by atoms with E-state index in [4.69, 9.17) is 14.2 Å². The Bertz CT molecular complexity index is 1120. The number of fused-ring (bicyclic) bond motifs is 1. The molecular weight excluding hydrogens is 434 g/mol. The van der Waals surface area contributed by atoms with Crippen LogP contribution in [0, 0.1) is 0 Å². The number of amides is 1. The molecule has 2 saturated heterocycles. The fourth-order valence-corrected chi connectivity index (χ4v) is 4.45. The van der Waals surface area contributed by atoms with Gasteiger partial charge in [0.15, 0.2) is 0 Å². The third-order valence-electron chi connectivity index (χ3n) is 6.39. The van der Waals surface area contributed by atoms with Crippen LogP contribution in [-0.2, 0) is 15.9 Å². The Labute approximate surface area is 198 Å². The first-order valence-corrected chi connectivity index (χ1v) is 11.8. The number of rotatable bonds is 6. The summed E-state index contributed by atoms with van der Waals surface area (Å²) in [6.45, 7) is 1.89. The van der Waals surface area contributed by atoms with Crippen LogP contribution in [0.25, 0.3) is 10.9 Å². The number of nitrogens with zero attached hydrogens (tertiary/aromatic N) is 2. The van der Waals surface area contributed by atoms with Crippen molar-refractivity contribution in [3.63, 3.8) is 0 Å². The molecule has 5 rings (SSSR count). The number of carbonyl (C=O) groups is 1. The normalized spacial score (nSPS) is 23.5. The first kappa shape index (κ1) is 22.7. The first-order valence-electron chi connectivity index (χ1n) is 11.8. The Kier molecular flexibility index (Phi) is 6.99. The van der Waals surface area contributed by atoms with E-state index in [0.29, 0.717) is 44.2 Å². The van der Waals surface area contributed by atoms with E-state index >= 15 is 0 Å². The van der Waals surface area contributed by atoms with E-state index < -0.39 is 18.2 Å². The predicted octanol–water partition coefficient (Wildman–Crippen LogP) is 2.68. The summed E-state index contributed by atoms with van der Waals surface area (Å²) >= 11 is 0. The molecule has 178 valence electrons. The minimum absolute atomic E-state index is 0.136. The highest BCUT2D eigenvalue weighted by atomic mass is 16.5. The second kappa shape index (κ2) is 10.5. The predicted molar refractivity (Wildman–Crippen MR) is 126 cm³/mol. The molecule has 3 aromatic rings. The summed E-state index contributed by atoms with van der Waals surface area (Å²) in [6.07, 6.45) is 3.38. The van der Waals surface area contributed by atoms with Crippen molar-refractivity contribution < 1.29 is 24.1 Å². The largest absolute Gasteiger partial charge is 0.474 e. The summed E-state index contributed by atoms with van der Waals surface area (Å²) in [6, 6.07) is 14.6. The van der Waals surface area contributed by atoms with Crippen LogP contribution in [0.1, 0.15) is 35.3 Å². The lowest BCUT2D eigenvalue weighted by atomic mass is 9.95. The van der Waals surface area contributed by atoms with Gasteiger partial charge in [-0.05, 0) is 24.1 Å².